The monoisotopic (exact) mass is 391 g/mol. The highest BCUT2D eigenvalue weighted by Crippen LogP contribution is 2.26. The molecule has 3 rings (SSSR count). The van der Waals surface area contributed by atoms with Crippen molar-refractivity contribution in [3.8, 4) is 6.07 Å². The minimum atomic E-state index is -0.435. The lowest BCUT2D eigenvalue weighted by Gasteiger charge is -2.08. The second-order valence-corrected chi connectivity index (χ2v) is 6.97. The lowest BCUT2D eigenvalue weighted by Crippen LogP contribution is -2.14. The standard InChI is InChI=1S/C21H17N3O3S/c1-13-4-3-5-15-10-16(11-22)20(24-19(13)15)28-12-18(25)23-17-8-6-14(7-9-17)21(26)27-2/h3-10H,12H2,1-2H3,(H,23,25). The average molecular weight is 391 g/mol. The molecule has 28 heavy (non-hydrogen) atoms. The maximum Gasteiger partial charge on any atom is 0.337 e. The number of rotatable bonds is 5. The van der Waals surface area contributed by atoms with Gasteiger partial charge < -0.3 is 10.1 Å². The lowest BCUT2D eigenvalue weighted by molar-refractivity contribution is -0.113. The van der Waals surface area contributed by atoms with Crippen molar-refractivity contribution in [1.29, 1.82) is 5.26 Å². The number of benzene rings is 2. The Balaban J connectivity index is 1.70. The van der Waals surface area contributed by atoms with Crippen LogP contribution in [-0.2, 0) is 9.53 Å². The van der Waals surface area contributed by atoms with E-state index in [0.29, 0.717) is 21.8 Å². The maximum absolute atomic E-state index is 12.3. The van der Waals surface area contributed by atoms with Crippen LogP contribution in [0.25, 0.3) is 10.9 Å². The number of carbonyl (C=O) groups is 2. The number of fused-ring (bicyclic) bond motifs is 1. The third kappa shape index (κ3) is 4.30. The Morgan fingerprint density at radius 2 is 1.96 bits per heavy atom. The molecule has 0 saturated carbocycles. The molecule has 0 bridgehead atoms. The fourth-order valence-corrected chi connectivity index (χ4v) is 3.41. The van der Waals surface area contributed by atoms with Gasteiger partial charge in [-0.15, -0.1) is 0 Å². The normalized spacial score (nSPS) is 10.3. The summed E-state index contributed by atoms with van der Waals surface area (Å²) in [5, 5.41) is 13.6. The number of anilines is 1. The molecule has 2 aromatic carbocycles. The molecular weight excluding hydrogens is 374 g/mol. The fourth-order valence-electron chi connectivity index (χ4n) is 2.66. The van der Waals surface area contributed by atoms with E-state index in [0.717, 1.165) is 16.5 Å². The van der Waals surface area contributed by atoms with Crippen LogP contribution in [0.2, 0.25) is 0 Å². The second-order valence-electron chi connectivity index (χ2n) is 6.01. The van der Waals surface area contributed by atoms with E-state index in [1.54, 1.807) is 30.3 Å². The summed E-state index contributed by atoms with van der Waals surface area (Å²) in [6.45, 7) is 1.96. The van der Waals surface area contributed by atoms with Crippen LogP contribution in [0.1, 0.15) is 21.5 Å². The molecule has 0 atom stereocenters. The maximum atomic E-state index is 12.3. The van der Waals surface area contributed by atoms with E-state index < -0.39 is 5.97 Å². The van der Waals surface area contributed by atoms with Crippen LogP contribution in [0, 0.1) is 18.3 Å². The summed E-state index contributed by atoms with van der Waals surface area (Å²) in [7, 11) is 1.31. The number of amides is 1. The van der Waals surface area contributed by atoms with Gasteiger partial charge >= 0.3 is 5.97 Å². The van der Waals surface area contributed by atoms with E-state index in [2.05, 4.69) is 21.1 Å². The highest BCUT2D eigenvalue weighted by Gasteiger charge is 2.12. The molecule has 0 aliphatic heterocycles. The first-order valence-corrected chi connectivity index (χ1v) is 9.42. The van der Waals surface area contributed by atoms with E-state index in [1.807, 2.05) is 25.1 Å². The van der Waals surface area contributed by atoms with Gasteiger partial charge in [-0.25, -0.2) is 9.78 Å². The van der Waals surface area contributed by atoms with E-state index in [4.69, 9.17) is 0 Å². The SMILES string of the molecule is COC(=O)c1ccc(NC(=O)CSc2nc3c(C)cccc3cc2C#N)cc1. The molecule has 0 unspecified atom stereocenters. The number of esters is 1. The topological polar surface area (TPSA) is 92.1 Å². The van der Waals surface area contributed by atoms with Crippen molar-refractivity contribution in [2.24, 2.45) is 0 Å². The molecule has 1 aromatic heterocycles. The number of aryl methyl sites for hydroxylation is 1. The third-order valence-corrected chi connectivity index (χ3v) is 5.05. The molecule has 1 amide bonds. The van der Waals surface area contributed by atoms with Gasteiger partial charge in [0.1, 0.15) is 11.1 Å². The number of nitriles is 1. The number of pyridine rings is 1. The van der Waals surface area contributed by atoms with Crippen LogP contribution in [-0.4, -0.2) is 29.7 Å². The van der Waals surface area contributed by atoms with Crippen LogP contribution in [0.4, 0.5) is 5.69 Å². The smallest absolute Gasteiger partial charge is 0.337 e. The molecule has 0 fully saturated rings. The van der Waals surface area contributed by atoms with E-state index >= 15 is 0 Å². The molecule has 0 radical (unpaired) electrons. The average Bonchev–Trinajstić information content (AvgIpc) is 2.72. The number of hydrogen-bond donors (Lipinski definition) is 1. The van der Waals surface area contributed by atoms with E-state index in [1.165, 1.54) is 18.9 Å². The van der Waals surface area contributed by atoms with Crippen molar-refractivity contribution < 1.29 is 14.3 Å². The number of ether oxygens (including phenoxy) is 1. The van der Waals surface area contributed by atoms with Crippen molar-refractivity contribution in [2.75, 3.05) is 18.2 Å². The van der Waals surface area contributed by atoms with Gasteiger partial charge in [-0.2, -0.15) is 5.26 Å². The third-order valence-electron chi connectivity index (χ3n) is 4.06. The van der Waals surface area contributed by atoms with Gasteiger partial charge in [0, 0.05) is 11.1 Å². The molecule has 0 aliphatic carbocycles. The van der Waals surface area contributed by atoms with Crippen LogP contribution < -0.4 is 5.32 Å². The molecule has 7 heteroatoms. The Labute approximate surface area is 166 Å². The quantitative estimate of drug-likeness (QED) is 0.523. The van der Waals surface area contributed by atoms with E-state index in [9.17, 15) is 14.9 Å². The summed E-state index contributed by atoms with van der Waals surface area (Å²) >= 11 is 1.21. The van der Waals surface area contributed by atoms with Gasteiger partial charge in [-0.05, 0) is 42.8 Å². The predicted molar refractivity (Wildman–Crippen MR) is 108 cm³/mol. The number of para-hydroxylation sites is 1. The number of nitrogens with one attached hydrogen (secondary N) is 1. The Kier molecular flexibility index (Phi) is 5.92. The second kappa shape index (κ2) is 8.55. The molecular formula is C21H17N3O3S. The Bertz CT molecular complexity index is 1090. The van der Waals surface area contributed by atoms with Crippen LogP contribution in [0.3, 0.4) is 0 Å². The number of hydrogen-bond acceptors (Lipinski definition) is 6. The summed E-state index contributed by atoms with van der Waals surface area (Å²) in [6, 6.07) is 16.2. The molecule has 1 N–H and O–H groups in total. The Morgan fingerprint density at radius 3 is 2.64 bits per heavy atom. The van der Waals surface area contributed by atoms with Gasteiger partial charge in [-0.3, -0.25) is 4.79 Å². The fraction of sp³-hybridized carbons (Fsp3) is 0.143. The van der Waals surface area contributed by atoms with Gasteiger partial charge in [0.05, 0.1) is 29.5 Å². The highest BCUT2D eigenvalue weighted by molar-refractivity contribution is 8.00. The zero-order chi connectivity index (χ0) is 20.1. The predicted octanol–water partition coefficient (Wildman–Crippen LogP) is 3.93. The lowest BCUT2D eigenvalue weighted by atomic mass is 10.1. The molecule has 0 spiro atoms. The molecule has 6 nitrogen and oxygen atoms in total. The number of nitrogens with zero attached hydrogens (tertiary/aromatic N) is 2. The number of methoxy groups -OCH3 is 1. The Hall–Kier alpha value is -3.37. The molecule has 1 heterocycles. The first-order chi connectivity index (χ1) is 13.5. The summed E-state index contributed by atoms with van der Waals surface area (Å²) in [5.74, 6) is -0.556. The number of thioether (sulfide) groups is 1. The summed E-state index contributed by atoms with van der Waals surface area (Å²) in [6.07, 6.45) is 0. The van der Waals surface area contributed by atoms with Crippen molar-refractivity contribution in [3.63, 3.8) is 0 Å². The largest absolute Gasteiger partial charge is 0.465 e. The van der Waals surface area contributed by atoms with Crippen molar-refractivity contribution in [2.45, 2.75) is 11.9 Å². The van der Waals surface area contributed by atoms with Crippen molar-refractivity contribution in [3.05, 3.63) is 65.2 Å². The van der Waals surface area contributed by atoms with Gasteiger partial charge in [0.15, 0.2) is 0 Å². The van der Waals surface area contributed by atoms with Gasteiger partial charge in [-0.1, -0.05) is 30.0 Å². The number of aromatic nitrogens is 1. The van der Waals surface area contributed by atoms with Crippen molar-refractivity contribution >= 4 is 40.2 Å². The van der Waals surface area contributed by atoms with E-state index in [-0.39, 0.29) is 11.7 Å². The summed E-state index contributed by atoms with van der Waals surface area (Å²) in [5.41, 5.74) is 3.26. The first kappa shape index (κ1) is 19.4. The van der Waals surface area contributed by atoms with Gasteiger partial charge in [0.2, 0.25) is 5.91 Å². The summed E-state index contributed by atoms with van der Waals surface area (Å²) < 4.78 is 4.64. The van der Waals surface area contributed by atoms with Gasteiger partial charge in [0.25, 0.3) is 0 Å². The zero-order valence-electron chi connectivity index (χ0n) is 15.4. The number of carbonyl (C=O) groups excluding carboxylic acids is 2. The molecule has 3 aromatic rings. The Morgan fingerprint density at radius 1 is 1.21 bits per heavy atom. The minimum Gasteiger partial charge on any atom is -0.465 e. The minimum absolute atomic E-state index is 0.109. The van der Waals surface area contributed by atoms with Crippen molar-refractivity contribution in [1.82, 2.24) is 4.98 Å². The molecule has 0 saturated heterocycles. The summed E-state index contributed by atoms with van der Waals surface area (Å²) in [4.78, 5) is 28.3. The van der Waals surface area contributed by atoms with Crippen LogP contribution in [0.15, 0.2) is 53.6 Å². The molecule has 140 valence electrons. The van der Waals surface area contributed by atoms with Crippen LogP contribution >= 0.6 is 11.8 Å². The molecule has 0 aliphatic rings. The zero-order valence-corrected chi connectivity index (χ0v) is 16.2. The highest BCUT2D eigenvalue weighted by atomic mass is 32.2. The van der Waals surface area contributed by atoms with Crippen LogP contribution in [0.5, 0.6) is 0 Å². The first-order valence-electron chi connectivity index (χ1n) is 8.43.